The van der Waals surface area contributed by atoms with Crippen LogP contribution < -0.4 is 5.73 Å². The number of nitrogens with two attached hydrogens (primary N) is 1. The van der Waals surface area contributed by atoms with Crippen molar-refractivity contribution in [2.45, 2.75) is 26.2 Å². The standard InChI is InChI=1S/C14H22BrNO2S/c1-2-19(17,18)9-5-6-12(11-16)10-13-7-3-4-8-14(13)15/h3-4,7-8,12H,2,5-6,9-11,16H2,1H3. The molecule has 108 valence electrons. The Morgan fingerprint density at radius 3 is 2.58 bits per heavy atom. The van der Waals surface area contributed by atoms with E-state index in [1.165, 1.54) is 5.56 Å². The molecule has 0 heterocycles. The lowest BCUT2D eigenvalue weighted by Gasteiger charge is -2.15. The molecular weight excluding hydrogens is 326 g/mol. The zero-order chi connectivity index (χ0) is 14.3. The quantitative estimate of drug-likeness (QED) is 0.786. The first-order valence-corrected chi connectivity index (χ1v) is 9.24. The highest BCUT2D eigenvalue weighted by molar-refractivity contribution is 9.10. The van der Waals surface area contributed by atoms with Crippen LogP contribution in [0.3, 0.4) is 0 Å². The Hall–Kier alpha value is -0.390. The first-order chi connectivity index (χ1) is 8.98. The molecule has 19 heavy (non-hydrogen) atoms. The fraction of sp³-hybridized carbons (Fsp3) is 0.571. The van der Waals surface area contributed by atoms with Crippen molar-refractivity contribution < 1.29 is 8.42 Å². The van der Waals surface area contributed by atoms with Gasteiger partial charge < -0.3 is 5.73 Å². The van der Waals surface area contributed by atoms with Gasteiger partial charge in [0.2, 0.25) is 0 Å². The Labute approximate surface area is 124 Å². The Balaban J connectivity index is 2.49. The van der Waals surface area contributed by atoms with E-state index in [1.807, 2.05) is 18.2 Å². The van der Waals surface area contributed by atoms with Crippen molar-refractivity contribution in [2.24, 2.45) is 11.7 Å². The summed E-state index contributed by atoms with van der Waals surface area (Å²) < 4.78 is 24.0. The van der Waals surface area contributed by atoms with Gasteiger partial charge in [-0.25, -0.2) is 8.42 Å². The van der Waals surface area contributed by atoms with E-state index in [9.17, 15) is 8.42 Å². The van der Waals surface area contributed by atoms with Crippen LogP contribution in [-0.4, -0.2) is 26.5 Å². The largest absolute Gasteiger partial charge is 0.330 e. The number of benzene rings is 1. The maximum absolute atomic E-state index is 11.4. The van der Waals surface area contributed by atoms with Crippen molar-refractivity contribution in [1.82, 2.24) is 0 Å². The molecular formula is C14H22BrNO2S. The highest BCUT2D eigenvalue weighted by atomic mass is 79.9. The van der Waals surface area contributed by atoms with Crippen LogP contribution in [0.15, 0.2) is 28.7 Å². The summed E-state index contributed by atoms with van der Waals surface area (Å²) >= 11 is 3.53. The summed E-state index contributed by atoms with van der Waals surface area (Å²) in [5, 5.41) is 0. The molecule has 0 bridgehead atoms. The topological polar surface area (TPSA) is 60.2 Å². The van der Waals surface area contributed by atoms with E-state index in [0.29, 0.717) is 18.9 Å². The molecule has 0 amide bonds. The van der Waals surface area contributed by atoms with Crippen LogP contribution in [0, 0.1) is 5.92 Å². The van der Waals surface area contributed by atoms with E-state index in [2.05, 4.69) is 22.0 Å². The highest BCUT2D eigenvalue weighted by Gasteiger charge is 2.12. The molecule has 2 N–H and O–H groups in total. The molecule has 1 unspecified atom stereocenters. The van der Waals surface area contributed by atoms with E-state index < -0.39 is 9.84 Å². The van der Waals surface area contributed by atoms with Gasteiger partial charge in [0.05, 0.1) is 5.75 Å². The van der Waals surface area contributed by atoms with Crippen molar-refractivity contribution in [2.75, 3.05) is 18.1 Å². The van der Waals surface area contributed by atoms with Gasteiger partial charge in [-0.2, -0.15) is 0 Å². The smallest absolute Gasteiger partial charge is 0.150 e. The van der Waals surface area contributed by atoms with E-state index in [0.717, 1.165) is 17.3 Å². The second-order valence-electron chi connectivity index (χ2n) is 4.78. The fourth-order valence-electron chi connectivity index (χ4n) is 2.01. The van der Waals surface area contributed by atoms with E-state index in [4.69, 9.17) is 5.73 Å². The van der Waals surface area contributed by atoms with Gasteiger partial charge in [0.1, 0.15) is 9.84 Å². The van der Waals surface area contributed by atoms with E-state index >= 15 is 0 Å². The third kappa shape index (κ3) is 6.06. The number of hydrogen-bond donors (Lipinski definition) is 1. The third-order valence-corrected chi connectivity index (χ3v) is 5.87. The van der Waals surface area contributed by atoms with Gasteiger partial charge in [0.25, 0.3) is 0 Å². The molecule has 1 aromatic carbocycles. The summed E-state index contributed by atoms with van der Waals surface area (Å²) in [6, 6.07) is 8.09. The zero-order valence-electron chi connectivity index (χ0n) is 11.3. The maximum atomic E-state index is 11.4. The summed E-state index contributed by atoms with van der Waals surface area (Å²) in [6.45, 7) is 2.28. The molecule has 0 saturated carbocycles. The number of sulfone groups is 1. The Morgan fingerprint density at radius 2 is 2.00 bits per heavy atom. The molecule has 3 nitrogen and oxygen atoms in total. The van der Waals surface area contributed by atoms with Crippen LogP contribution in [-0.2, 0) is 16.3 Å². The molecule has 0 aliphatic rings. The normalized spacial score (nSPS) is 13.4. The van der Waals surface area contributed by atoms with Crippen LogP contribution in [0.2, 0.25) is 0 Å². The minimum Gasteiger partial charge on any atom is -0.330 e. The van der Waals surface area contributed by atoms with Crippen molar-refractivity contribution in [3.05, 3.63) is 34.3 Å². The summed E-state index contributed by atoms with van der Waals surface area (Å²) in [6.07, 6.45) is 2.45. The van der Waals surface area contributed by atoms with Crippen LogP contribution in [0.5, 0.6) is 0 Å². The Kier molecular flexibility index (Phi) is 7.04. The predicted molar refractivity (Wildman–Crippen MR) is 84.0 cm³/mol. The average molecular weight is 348 g/mol. The third-order valence-electron chi connectivity index (χ3n) is 3.31. The number of rotatable bonds is 8. The first kappa shape index (κ1) is 16.7. The molecule has 0 aromatic heterocycles. The van der Waals surface area contributed by atoms with Crippen molar-refractivity contribution >= 4 is 25.8 Å². The monoisotopic (exact) mass is 347 g/mol. The summed E-state index contributed by atoms with van der Waals surface area (Å²) in [5.41, 5.74) is 7.02. The van der Waals surface area contributed by atoms with Crippen LogP contribution in [0.25, 0.3) is 0 Å². The minimum atomic E-state index is -2.85. The van der Waals surface area contributed by atoms with Gasteiger partial charge in [-0.1, -0.05) is 41.1 Å². The second-order valence-corrected chi connectivity index (χ2v) is 8.10. The summed E-state index contributed by atoms with van der Waals surface area (Å²) in [5.74, 6) is 0.839. The SMILES string of the molecule is CCS(=O)(=O)CCCC(CN)Cc1ccccc1Br. The minimum absolute atomic E-state index is 0.227. The van der Waals surface area contributed by atoms with E-state index in [1.54, 1.807) is 6.92 Å². The predicted octanol–water partition coefficient (Wildman–Crippen LogP) is 2.78. The van der Waals surface area contributed by atoms with E-state index in [-0.39, 0.29) is 11.5 Å². The highest BCUT2D eigenvalue weighted by Crippen LogP contribution is 2.21. The molecule has 0 aliphatic heterocycles. The van der Waals surface area contributed by atoms with Crippen molar-refractivity contribution in [1.29, 1.82) is 0 Å². The zero-order valence-corrected chi connectivity index (χ0v) is 13.7. The summed E-state index contributed by atoms with van der Waals surface area (Å²) in [7, 11) is -2.85. The fourth-order valence-corrected chi connectivity index (χ4v) is 3.36. The molecule has 0 spiro atoms. The molecule has 0 fully saturated rings. The van der Waals surface area contributed by atoms with Crippen molar-refractivity contribution in [3.8, 4) is 0 Å². The van der Waals surface area contributed by atoms with Crippen LogP contribution in [0.4, 0.5) is 0 Å². The molecule has 1 aromatic rings. The molecule has 1 atom stereocenters. The van der Waals surface area contributed by atoms with Gasteiger partial charge in [0, 0.05) is 10.2 Å². The average Bonchev–Trinajstić information content (AvgIpc) is 2.39. The van der Waals surface area contributed by atoms with Crippen molar-refractivity contribution in [3.63, 3.8) is 0 Å². The van der Waals surface area contributed by atoms with Gasteiger partial charge in [0.15, 0.2) is 0 Å². The second kappa shape index (κ2) is 8.02. The number of hydrogen-bond acceptors (Lipinski definition) is 3. The molecule has 0 saturated heterocycles. The van der Waals surface area contributed by atoms with Gasteiger partial charge in [-0.15, -0.1) is 0 Å². The molecule has 0 aliphatic carbocycles. The lowest BCUT2D eigenvalue weighted by molar-refractivity contribution is 0.485. The van der Waals surface area contributed by atoms with Gasteiger partial charge in [-0.3, -0.25) is 0 Å². The van der Waals surface area contributed by atoms with Crippen LogP contribution in [0.1, 0.15) is 25.3 Å². The molecule has 5 heteroatoms. The molecule has 0 radical (unpaired) electrons. The Bertz CT molecular complexity index is 488. The first-order valence-electron chi connectivity index (χ1n) is 6.62. The molecule has 1 rings (SSSR count). The maximum Gasteiger partial charge on any atom is 0.150 e. The lowest BCUT2D eigenvalue weighted by atomic mass is 9.95. The lowest BCUT2D eigenvalue weighted by Crippen LogP contribution is -2.19. The number of halogens is 1. The van der Waals surface area contributed by atoms with Gasteiger partial charge >= 0.3 is 0 Å². The Morgan fingerprint density at radius 1 is 1.32 bits per heavy atom. The van der Waals surface area contributed by atoms with Gasteiger partial charge in [-0.05, 0) is 43.4 Å². The van der Waals surface area contributed by atoms with Crippen LogP contribution >= 0.6 is 15.9 Å². The summed E-state index contributed by atoms with van der Waals surface area (Å²) in [4.78, 5) is 0.